The molecule has 0 spiro atoms. The average Bonchev–Trinajstić information content (AvgIpc) is 2.23. The Morgan fingerprint density at radius 1 is 1.27 bits per heavy atom. The second-order valence-corrected chi connectivity index (χ2v) is 3.96. The predicted molar refractivity (Wildman–Crippen MR) is 56.7 cm³/mol. The van der Waals surface area contributed by atoms with Crippen molar-refractivity contribution >= 4 is 11.8 Å². The summed E-state index contributed by atoms with van der Waals surface area (Å²) in [5.74, 6) is -0.535. The van der Waals surface area contributed by atoms with E-state index in [9.17, 15) is 9.59 Å². The molecule has 0 bridgehead atoms. The summed E-state index contributed by atoms with van der Waals surface area (Å²) in [6, 6.07) is 5.64. The van der Waals surface area contributed by atoms with E-state index in [2.05, 4.69) is 0 Å². The van der Waals surface area contributed by atoms with Crippen LogP contribution in [0.3, 0.4) is 0 Å². The van der Waals surface area contributed by atoms with E-state index in [1.165, 1.54) is 11.9 Å². The number of hydrogen-bond acceptors (Lipinski definition) is 2. The number of aryl methyl sites for hydroxylation is 1. The highest BCUT2D eigenvalue weighted by atomic mass is 16.2. The van der Waals surface area contributed by atoms with Crippen LogP contribution in [-0.2, 0) is 4.79 Å². The minimum Gasteiger partial charge on any atom is -0.281 e. The molecule has 0 aliphatic carbocycles. The molecule has 1 aliphatic rings. The van der Waals surface area contributed by atoms with Gasteiger partial charge in [0.1, 0.15) is 0 Å². The van der Waals surface area contributed by atoms with E-state index in [0.29, 0.717) is 5.56 Å². The van der Waals surface area contributed by atoms with Gasteiger partial charge in [0.25, 0.3) is 5.91 Å². The van der Waals surface area contributed by atoms with Crippen LogP contribution in [0, 0.1) is 6.92 Å². The first-order chi connectivity index (χ1) is 7.04. The number of carbonyl (C=O) groups excluding carboxylic acids is 2. The fourth-order valence-corrected chi connectivity index (χ4v) is 2.03. The normalized spacial score (nSPS) is 20.5. The lowest BCUT2D eigenvalue weighted by Gasteiger charge is -2.28. The minimum atomic E-state index is -0.220. The summed E-state index contributed by atoms with van der Waals surface area (Å²) in [5, 5.41) is 0. The smallest absolute Gasteiger partial charge is 0.260 e. The van der Waals surface area contributed by atoms with Crippen molar-refractivity contribution in [3.63, 3.8) is 0 Å². The number of imide groups is 1. The maximum absolute atomic E-state index is 11.9. The highest BCUT2D eigenvalue weighted by Gasteiger charge is 2.34. The van der Waals surface area contributed by atoms with Gasteiger partial charge < -0.3 is 0 Å². The lowest BCUT2D eigenvalue weighted by molar-refractivity contribution is -0.129. The van der Waals surface area contributed by atoms with Crippen LogP contribution < -0.4 is 0 Å². The first-order valence-corrected chi connectivity index (χ1v) is 4.95. The molecule has 0 N–H and O–H groups in total. The Kier molecular flexibility index (Phi) is 2.11. The van der Waals surface area contributed by atoms with Crippen LogP contribution in [0.25, 0.3) is 0 Å². The van der Waals surface area contributed by atoms with Crippen molar-refractivity contribution in [2.45, 2.75) is 19.8 Å². The number of rotatable bonds is 0. The fraction of sp³-hybridized carbons (Fsp3) is 0.333. The molecule has 0 radical (unpaired) electrons. The summed E-state index contributed by atoms with van der Waals surface area (Å²) in [7, 11) is 1.54. The number of carbonyl (C=O) groups is 2. The molecule has 1 aromatic carbocycles. The van der Waals surface area contributed by atoms with Crippen LogP contribution in [0.15, 0.2) is 18.2 Å². The summed E-state index contributed by atoms with van der Waals surface area (Å²) < 4.78 is 0. The summed E-state index contributed by atoms with van der Waals surface area (Å²) in [6.45, 7) is 3.73. The number of benzene rings is 1. The van der Waals surface area contributed by atoms with Gasteiger partial charge in [-0.15, -0.1) is 0 Å². The van der Waals surface area contributed by atoms with Crippen molar-refractivity contribution in [1.82, 2.24) is 4.90 Å². The van der Waals surface area contributed by atoms with Crippen molar-refractivity contribution in [2.75, 3.05) is 7.05 Å². The Hall–Kier alpha value is -1.64. The molecule has 1 aliphatic heterocycles. The van der Waals surface area contributed by atoms with Gasteiger partial charge in [-0.3, -0.25) is 14.5 Å². The second-order valence-electron chi connectivity index (χ2n) is 3.96. The molecule has 0 saturated carbocycles. The Morgan fingerprint density at radius 2 is 1.93 bits per heavy atom. The minimum absolute atomic E-state index is 0.127. The molecule has 0 saturated heterocycles. The number of amides is 2. The van der Waals surface area contributed by atoms with E-state index in [-0.39, 0.29) is 17.7 Å². The molecule has 15 heavy (non-hydrogen) atoms. The van der Waals surface area contributed by atoms with Gasteiger partial charge in [0.05, 0.1) is 5.92 Å². The van der Waals surface area contributed by atoms with Gasteiger partial charge in [0.15, 0.2) is 0 Å². The van der Waals surface area contributed by atoms with Crippen LogP contribution in [0.4, 0.5) is 0 Å². The molecular formula is C12H13NO2. The number of nitrogens with zero attached hydrogens (tertiary/aromatic N) is 1. The molecule has 78 valence electrons. The van der Waals surface area contributed by atoms with Crippen LogP contribution >= 0.6 is 0 Å². The van der Waals surface area contributed by atoms with E-state index in [1.807, 2.05) is 32.0 Å². The first kappa shape index (κ1) is 9.90. The van der Waals surface area contributed by atoms with E-state index in [1.54, 1.807) is 0 Å². The highest BCUT2D eigenvalue weighted by Crippen LogP contribution is 2.29. The summed E-state index contributed by atoms with van der Waals surface area (Å²) in [6.07, 6.45) is 0. The average molecular weight is 203 g/mol. The van der Waals surface area contributed by atoms with Gasteiger partial charge in [-0.25, -0.2) is 0 Å². The SMILES string of the molecule is Cc1cccc2c1C(=O)N(C)C(=O)C2C. The monoisotopic (exact) mass is 203 g/mol. The maximum Gasteiger partial charge on any atom is 0.260 e. The molecule has 3 nitrogen and oxygen atoms in total. The third-order valence-electron chi connectivity index (χ3n) is 2.99. The number of hydrogen-bond donors (Lipinski definition) is 0. The van der Waals surface area contributed by atoms with Crippen LogP contribution in [0.2, 0.25) is 0 Å². The van der Waals surface area contributed by atoms with Crippen molar-refractivity contribution in [3.05, 3.63) is 34.9 Å². The van der Waals surface area contributed by atoms with Gasteiger partial charge in [-0.1, -0.05) is 18.2 Å². The molecule has 1 atom stereocenters. The second kappa shape index (κ2) is 3.19. The maximum atomic E-state index is 11.9. The number of likely N-dealkylation sites (N-methyl/N-ethyl adjacent to an activating group) is 1. The zero-order chi connectivity index (χ0) is 11.2. The van der Waals surface area contributed by atoms with E-state index in [0.717, 1.165) is 11.1 Å². The molecule has 1 heterocycles. The van der Waals surface area contributed by atoms with Crippen LogP contribution in [-0.4, -0.2) is 23.8 Å². The third kappa shape index (κ3) is 1.27. The predicted octanol–water partition coefficient (Wildman–Crippen LogP) is 1.71. The highest BCUT2D eigenvalue weighted by molar-refractivity contribution is 6.11. The van der Waals surface area contributed by atoms with Crippen molar-refractivity contribution < 1.29 is 9.59 Å². The summed E-state index contributed by atoms with van der Waals surface area (Å²) in [5.41, 5.74) is 2.47. The largest absolute Gasteiger partial charge is 0.281 e. The van der Waals surface area contributed by atoms with E-state index in [4.69, 9.17) is 0 Å². The molecule has 3 heteroatoms. The molecular weight excluding hydrogens is 190 g/mol. The zero-order valence-electron chi connectivity index (χ0n) is 9.07. The van der Waals surface area contributed by atoms with Crippen LogP contribution in [0.5, 0.6) is 0 Å². The van der Waals surface area contributed by atoms with Gasteiger partial charge in [-0.2, -0.15) is 0 Å². The molecule has 1 unspecified atom stereocenters. The lowest BCUT2D eigenvalue weighted by atomic mass is 9.88. The Balaban J connectivity index is 2.69. The molecule has 0 aromatic heterocycles. The van der Waals surface area contributed by atoms with E-state index < -0.39 is 0 Å². The molecule has 2 rings (SSSR count). The quantitative estimate of drug-likeness (QED) is 0.602. The standard InChI is InChI=1S/C12H13NO2/c1-7-5-4-6-9-8(2)11(14)13(3)12(15)10(7)9/h4-6,8H,1-3H3. The number of fused-ring (bicyclic) bond motifs is 1. The van der Waals surface area contributed by atoms with Crippen molar-refractivity contribution in [2.24, 2.45) is 0 Å². The van der Waals surface area contributed by atoms with E-state index >= 15 is 0 Å². The van der Waals surface area contributed by atoms with Gasteiger partial charge in [0.2, 0.25) is 5.91 Å². The molecule has 2 amide bonds. The lowest BCUT2D eigenvalue weighted by Crippen LogP contribution is -2.41. The Morgan fingerprint density at radius 3 is 2.60 bits per heavy atom. The summed E-state index contributed by atoms with van der Waals surface area (Å²) in [4.78, 5) is 24.8. The third-order valence-corrected chi connectivity index (χ3v) is 2.99. The van der Waals surface area contributed by atoms with Gasteiger partial charge in [-0.05, 0) is 25.0 Å². The van der Waals surface area contributed by atoms with Crippen molar-refractivity contribution in [3.8, 4) is 0 Å². The van der Waals surface area contributed by atoms with Crippen molar-refractivity contribution in [1.29, 1.82) is 0 Å². The van der Waals surface area contributed by atoms with Crippen LogP contribution in [0.1, 0.15) is 34.3 Å². The Labute approximate surface area is 88.7 Å². The van der Waals surface area contributed by atoms with Gasteiger partial charge in [0, 0.05) is 12.6 Å². The Bertz CT molecular complexity index is 451. The topological polar surface area (TPSA) is 37.4 Å². The molecule has 1 aromatic rings. The molecule has 0 fully saturated rings. The first-order valence-electron chi connectivity index (χ1n) is 4.95. The fourth-order valence-electron chi connectivity index (χ4n) is 2.03. The summed E-state index contributed by atoms with van der Waals surface area (Å²) >= 11 is 0. The zero-order valence-corrected chi connectivity index (χ0v) is 9.07. The van der Waals surface area contributed by atoms with Gasteiger partial charge >= 0.3 is 0 Å².